The molecule has 0 fully saturated rings. The van der Waals surface area contributed by atoms with Crippen molar-refractivity contribution in [2.75, 3.05) is 11.9 Å². The minimum atomic E-state index is -0.509. The molecule has 0 bridgehead atoms. The number of anilines is 1. The summed E-state index contributed by atoms with van der Waals surface area (Å²) >= 11 is 3.27. The van der Waals surface area contributed by atoms with Crippen LogP contribution in [0.3, 0.4) is 0 Å². The molecule has 0 atom stereocenters. The number of imide groups is 1. The summed E-state index contributed by atoms with van der Waals surface area (Å²) in [5.41, 5.74) is 1.92. The molecule has 0 saturated heterocycles. The summed E-state index contributed by atoms with van der Waals surface area (Å²) in [4.78, 5) is 49.4. The summed E-state index contributed by atoms with van der Waals surface area (Å²) in [7, 11) is 0. The van der Waals surface area contributed by atoms with E-state index in [1.54, 1.807) is 48.5 Å². The van der Waals surface area contributed by atoms with Crippen LogP contribution in [0, 0.1) is 0 Å². The average molecular weight is 453 g/mol. The van der Waals surface area contributed by atoms with Crippen LogP contribution in [0.4, 0.5) is 5.69 Å². The van der Waals surface area contributed by atoms with Crippen molar-refractivity contribution < 1.29 is 14.4 Å². The molecule has 9 heteroatoms. The number of nitrogens with zero attached hydrogens (tertiary/aromatic N) is 2. The van der Waals surface area contributed by atoms with Crippen molar-refractivity contribution in [3.05, 3.63) is 80.6 Å². The molecule has 1 aliphatic heterocycles. The molecular formula is C20H13BrN4O4. The lowest BCUT2D eigenvalue weighted by molar-refractivity contribution is -0.116. The molecule has 8 nitrogen and oxygen atoms in total. The van der Waals surface area contributed by atoms with Gasteiger partial charge in [0.05, 0.1) is 16.8 Å². The van der Waals surface area contributed by atoms with Gasteiger partial charge < -0.3 is 5.32 Å². The number of hydrogen-bond acceptors (Lipinski definition) is 5. The van der Waals surface area contributed by atoms with Crippen LogP contribution in [0.2, 0.25) is 0 Å². The highest BCUT2D eigenvalue weighted by molar-refractivity contribution is 9.10. The predicted octanol–water partition coefficient (Wildman–Crippen LogP) is 2.43. The minimum absolute atomic E-state index is 0.267. The summed E-state index contributed by atoms with van der Waals surface area (Å²) in [6.07, 6.45) is 0. The van der Waals surface area contributed by atoms with E-state index in [0.29, 0.717) is 21.4 Å². The van der Waals surface area contributed by atoms with Crippen LogP contribution < -0.4 is 10.9 Å². The summed E-state index contributed by atoms with van der Waals surface area (Å²) in [5.74, 6) is -1.52. The number of carbonyl (C=O) groups is 3. The van der Waals surface area contributed by atoms with Crippen LogP contribution in [-0.2, 0) is 4.79 Å². The van der Waals surface area contributed by atoms with E-state index in [2.05, 4.69) is 31.4 Å². The molecule has 0 spiro atoms. The number of rotatable bonds is 4. The van der Waals surface area contributed by atoms with E-state index in [9.17, 15) is 19.2 Å². The summed E-state index contributed by atoms with van der Waals surface area (Å²) < 4.78 is 0.677. The quantitative estimate of drug-likeness (QED) is 0.590. The van der Waals surface area contributed by atoms with Gasteiger partial charge in [-0.1, -0.05) is 28.1 Å². The molecule has 1 aromatic heterocycles. The Morgan fingerprint density at radius 1 is 1.00 bits per heavy atom. The first-order valence-corrected chi connectivity index (χ1v) is 9.33. The molecule has 4 rings (SSSR count). The monoisotopic (exact) mass is 452 g/mol. The van der Waals surface area contributed by atoms with Gasteiger partial charge in [0.15, 0.2) is 0 Å². The summed E-state index contributed by atoms with van der Waals surface area (Å²) in [6, 6.07) is 14.6. The van der Waals surface area contributed by atoms with Gasteiger partial charge in [0, 0.05) is 21.8 Å². The van der Waals surface area contributed by atoms with Gasteiger partial charge in [-0.15, -0.1) is 0 Å². The molecule has 29 heavy (non-hydrogen) atoms. The highest BCUT2D eigenvalue weighted by atomic mass is 79.9. The lowest BCUT2D eigenvalue weighted by Crippen LogP contribution is -2.37. The fraction of sp³-hybridized carbons (Fsp3) is 0.0500. The third-order valence-electron chi connectivity index (χ3n) is 4.36. The molecule has 3 aromatic rings. The predicted molar refractivity (Wildman–Crippen MR) is 108 cm³/mol. The van der Waals surface area contributed by atoms with E-state index in [0.717, 1.165) is 4.90 Å². The molecule has 3 amide bonds. The molecule has 0 saturated carbocycles. The Kier molecular flexibility index (Phi) is 4.81. The number of aromatic nitrogens is 2. The zero-order valence-electron chi connectivity index (χ0n) is 14.8. The van der Waals surface area contributed by atoms with Crippen LogP contribution in [0.5, 0.6) is 0 Å². The van der Waals surface area contributed by atoms with Gasteiger partial charge in [-0.25, -0.2) is 5.10 Å². The Balaban J connectivity index is 1.49. The Bertz CT molecular complexity index is 1200. The van der Waals surface area contributed by atoms with E-state index < -0.39 is 24.3 Å². The Morgan fingerprint density at radius 2 is 1.79 bits per heavy atom. The van der Waals surface area contributed by atoms with Gasteiger partial charge in [-0.2, -0.15) is 5.10 Å². The topological polar surface area (TPSA) is 112 Å². The number of hydrogen-bond donors (Lipinski definition) is 2. The number of halogens is 1. The van der Waals surface area contributed by atoms with Crippen molar-refractivity contribution in [3.63, 3.8) is 0 Å². The Morgan fingerprint density at radius 3 is 2.55 bits per heavy atom. The molecule has 0 aliphatic carbocycles. The first-order valence-electron chi connectivity index (χ1n) is 8.54. The second kappa shape index (κ2) is 7.44. The van der Waals surface area contributed by atoms with Crippen molar-refractivity contribution in [1.82, 2.24) is 15.1 Å². The number of carbonyl (C=O) groups excluding carboxylic acids is 3. The number of fused-ring (bicyclic) bond motifs is 1. The number of H-pyrrole nitrogens is 1. The van der Waals surface area contributed by atoms with Crippen molar-refractivity contribution in [2.45, 2.75) is 0 Å². The van der Waals surface area contributed by atoms with Gasteiger partial charge >= 0.3 is 0 Å². The average Bonchev–Trinajstić information content (AvgIpc) is 2.93. The van der Waals surface area contributed by atoms with Gasteiger partial charge in [-0.05, 0) is 36.4 Å². The molecule has 2 heterocycles. The summed E-state index contributed by atoms with van der Waals surface area (Å²) in [6.45, 7) is -0.398. The molecule has 0 unspecified atom stereocenters. The van der Waals surface area contributed by atoms with Crippen LogP contribution in [0.15, 0.2) is 63.9 Å². The van der Waals surface area contributed by atoms with Crippen LogP contribution in [-0.4, -0.2) is 39.4 Å². The van der Waals surface area contributed by atoms with Crippen LogP contribution >= 0.6 is 15.9 Å². The molecular weight excluding hydrogens is 440 g/mol. The van der Waals surface area contributed by atoms with Gasteiger partial charge in [-0.3, -0.25) is 24.1 Å². The fourth-order valence-corrected chi connectivity index (χ4v) is 3.37. The van der Waals surface area contributed by atoms with Crippen molar-refractivity contribution in [3.8, 4) is 11.3 Å². The summed E-state index contributed by atoms with van der Waals surface area (Å²) in [5, 5.41) is 8.98. The highest BCUT2D eigenvalue weighted by Crippen LogP contribution is 2.26. The van der Waals surface area contributed by atoms with E-state index >= 15 is 0 Å². The molecule has 2 aromatic carbocycles. The molecule has 144 valence electrons. The standard InChI is InChI=1S/C20H13BrN4O4/c21-12-4-5-14-15(9-12)20(29)25(19(14)28)10-18(27)22-13-3-1-2-11(8-13)16-6-7-17(26)24-23-16/h1-9H,10H2,(H,22,27)(H,24,26). The second-order valence-corrected chi connectivity index (χ2v) is 7.24. The third-order valence-corrected chi connectivity index (χ3v) is 4.85. The van der Waals surface area contributed by atoms with E-state index in [1.165, 1.54) is 6.07 Å². The van der Waals surface area contributed by atoms with Crippen molar-refractivity contribution in [2.24, 2.45) is 0 Å². The minimum Gasteiger partial charge on any atom is -0.325 e. The first kappa shape index (κ1) is 18.8. The lowest BCUT2D eigenvalue weighted by Gasteiger charge is -2.14. The Labute approximate surface area is 172 Å². The number of nitrogens with one attached hydrogen (secondary N) is 2. The van der Waals surface area contributed by atoms with Gasteiger partial charge in [0.1, 0.15) is 6.54 Å². The molecule has 0 radical (unpaired) electrons. The van der Waals surface area contributed by atoms with Crippen molar-refractivity contribution >= 4 is 39.3 Å². The smallest absolute Gasteiger partial charge is 0.264 e. The van der Waals surface area contributed by atoms with Gasteiger partial charge in [0.2, 0.25) is 5.91 Å². The SMILES string of the molecule is O=C(CN1C(=O)c2ccc(Br)cc2C1=O)Nc1cccc(-c2ccc(=O)[nH]n2)c1. The Hall–Kier alpha value is -3.59. The van der Waals surface area contributed by atoms with Gasteiger partial charge in [0.25, 0.3) is 17.4 Å². The van der Waals surface area contributed by atoms with Crippen LogP contribution in [0.1, 0.15) is 20.7 Å². The zero-order valence-corrected chi connectivity index (χ0v) is 16.4. The third kappa shape index (κ3) is 3.72. The maximum Gasteiger partial charge on any atom is 0.264 e. The fourth-order valence-electron chi connectivity index (χ4n) is 3.01. The number of aromatic amines is 1. The molecule has 2 N–H and O–H groups in total. The second-order valence-electron chi connectivity index (χ2n) is 6.32. The first-order chi connectivity index (χ1) is 13.9. The van der Waals surface area contributed by atoms with E-state index in [1.807, 2.05) is 0 Å². The van der Waals surface area contributed by atoms with E-state index in [4.69, 9.17) is 0 Å². The highest BCUT2D eigenvalue weighted by Gasteiger charge is 2.36. The number of amides is 3. The largest absolute Gasteiger partial charge is 0.325 e. The lowest BCUT2D eigenvalue weighted by atomic mass is 10.1. The van der Waals surface area contributed by atoms with Crippen molar-refractivity contribution in [1.29, 1.82) is 0 Å². The van der Waals surface area contributed by atoms with Crippen LogP contribution in [0.25, 0.3) is 11.3 Å². The number of benzene rings is 2. The van der Waals surface area contributed by atoms with E-state index in [-0.39, 0.29) is 16.7 Å². The maximum absolute atomic E-state index is 12.5. The normalized spacial score (nSPS) is 12.8. The molecule has 1 aliphatic rings. The zero-order chi connectivity index (χ0) is 20.5. The maximum atomic E-state index is 12.5.